The molecule has 1 heterocycles. The van der Waals surface area contributed by atoms with Crippen molar-refractivity contribution in [1.29, 1.82) is 0 Å². The Labute approximate surface area is 182 Å². The molecule has 3 atom stereocenters. The lowest BCUT2D eigenvalue weighted by atomic mass is 9.91. The molecule has 2 amide bonds. The van der Waals surface area contributed by atoms with E-state index in [0.29, 0.717) is 25.1 Å². The smallest absolute Gasteiger partial charge is 0.319 e. The Morgan fingerprint density at radius 3 is 2.55 bits per heavy atom. The summed E-state index contributed by atoms with van der Waals surface area (Å²) in [7, 11) is -0.502. The number of urea groups is 1. The molecule has 1 aliphatic rings. The van der Waals surface area contributed by atoms with Crippen LogP contribution in [0.1, 0.15) is 24.8 Å². The second-order valence-corrected chi connectivity index (χ2v) is 9.08. The molecule has 1 aliphatic carbocycles. The number of nitrogens with one attached hydrogen (secondary N) is 3. The Hall–Kier alpha value is -2.53. The lowest BCUT2D eigenvalue weighted by Crippen LogP contribution is -2.48. The van der Waals surface area contributed by atoms with Crippen LogP contribution in [0.4, 0.5) is 10.5 Å². The molecule has 2 aromatic rings. The molecule has 1 aromatic carbocycles. The van der Waals surface area contributed by atoms with Crippen LogP contribution in [0.5, 0.6) is 0 Å². The minimum Gasteiger partial charge on any atom is -0.381 e. The average molecular weight is 449 g/mol. The number of anilines is 1. The van der Waals surface area contributed by atoms with E-state index in [1.165, 1.54) is 12.1 Å². The monoisotopic (exact) mass is 448 g/mol. The molecular weight excluding hydrogens is 420 g/mol. The molecule has 0 bridgehead atoms. The average Bonchev–Trinajstić information content (AvgIpc) is 2.79. The van der Waals surface area contributed by atoms with Crippen LogP contribution in [0.2, 0.25) is 0 Å². The zero-order valence-corrected chi connectivity index (χ0v) is 18.4. The number of pyridine rings is 1. The quantitative estimate of drug-likeness (QED) is 0.570. The van der Waals surface area contributed by atoms with Gasteiger partial charge in [0.25, 0.3) is 0 Å². The molecule has 1 fully saturated rings. The van der Waals surface area contributed by atoms with Crippen LogP contribution >= 0.6 is 0 Å². The minimum atomic E-state index is -3.72. The summed E-state index contributed by atoms with van der Waals surface area (Å²) in [5.74, 6) is 0. The highest BCUT2D eigenvalue weighted by Crippen LogP contribution is 2.25. The van der Waals surface area contributed by atoms with Gasteiger partial charge in [-0.3, -0.25) is 4.98 Å². The van der Waals surface area contributed by atoms with E-state index in [9.17, 15) is 13.2 Å². The Morgan fingerprint density at radius 2 is 1.90 bits per heavy atom. The Bertz CT molecular complexity index is 953. The first-order valence-electron chi connectivity index (χ1n) is 10.0. The predicted octanol–water partition coefficient (Wildman–Crippen LogP) is 2.26. The molecule has 31 heavy (non-hydrogen) atoms. The normalized spacial score (nSPS) is 21.4. The van der Waals surface area contributed by atoms with Crippen molar-refractivity contribution in [3.8, 4) is 0 Å². The lowest BCUT2D eigenvalue weighted by Gasteiger charge is -2.34. The van der Waals surface area contributed by atoms with Gasteiger partial charge in [-0.05, 0) is 48.7 Å². The fraction of sp³-hybridized carbons (Fsp3) is 0.429. The molecule has 1 saturated carbocycles. The van der Waals surface area contributed by atoms with Crippen molar-refractivity contribution < 1.29 is 22.7 Å². The zero-order chi connectivity index (χ0) is 22.3. The summed E-state index contributed by atoms with van der Waals surface area (Å²) in [6, 6.07) is 8.95. The Morgan fingerprint density at radius 1 is 1.13 bits per heavy atom. The van der Waals surface area contributed by atoms with Crippen molar-refractivity contribution in [2.24, 2.45) is 0 Å². The SMILES string of the molecule is COC1CCC(NS(=O)(=O)c2ccc(NC(=O)NCc3cccnc3)cc2)C(OC)C1. The zero-order valence-electron chi connectivity index (χ0n) is 17.6. The van der Waals surface area contributed by atoms with Crippen molar-refractivity contribution in [2.45, 2.75) is 49.0 Å². The first-order chi connectivity index (χ1) is 14.9. The third-order valence-corrected chi connectivity index (χ3v) is 6.79. The molecule has 0 saturated heterocycles. The highest BCUT2D eigenvalue weighted by molar-refractivity contribution is 7.89. The maximum absolute atomic E-state index is 12.8. The van der Waals surface area contributed by atoms with Crippen molar-refractivity contribution in [3.05, 3.63) is 54.4 Å². The molecule has 0 aliphatic heterocycles. The number of hydrogen-bond donors (Lipinski definition) is 3. The van der Waals surface area contributed by atoms with Crippen molar-refractivity contribution in [1.82, 2.24) is 15.0 Å². The first kappa shape index (κ1) is 23.1. The molecule has 168 valence electrons. The maximum atomic E-state index is 12.8. The largest absolute Gasteiger partial charge is 0.381 e. The topological polar surface area (TPSA) is 119 Å². The van der Waals surface area contributed by atoms with Gasteiger partial charge in [0.2, 0.25) is 10.0 Å². The third-order valence-electron chi connectivity index (χ3n) is 5.28. The van der Waals surface area contributed by atoms with Gasteiger partial charge in [0.15, 0.2) is 0 Å². The Balaban J connectivity index is 1.56. The number of benzene rings is 1. The molecule has 3 N–H and O–H groups in total. The van der Waals surface area contributed by atoms with Gasteiger partial charge in [0.1, 0.15) is 0 Å². The summed E-state index contributed by atoms with van der Waals surface area (Å²) in [5.41, 5.74) is 1.36. The number of aromatic nitrogens is 1. The van der Waals surface area contributed by atoms with Gasteiger partial charge in [-0.25, -0.2) is 17.9 Å². The van der Waals surface area contributed by atoms with E-state index in [-0.39, 0.29) is 23.1 Å². The van der Waals surface area contributed by atoms with Gasteiger partial charge in [-0.15, -0.1) is 0 Å². The van der Waals surface area contributed by atoms with Crippen molar-refractivity contribution >= 4 is 21.7 Å². The number of nitrogens with zero attached hydrogens (tertiary/aromatic N) is 1. The number of rotatable bonds is 8. The molecule has 10 heteroatoms. The van der Waals surface area contributed by atoms with Gasteiger partial charge in [-0.2, -0.15) is 0 Å². The van der Waals surface area contributed by atoms with E-state index in [1.54, 1.807) is 44.8 Å². The molecule has 3 rings (SSSR count). The van der Waals surface area contributed by atoms with Gasteiger partial charge in [0, 0.05) is 51.3 Å². The minimum absolute atomic E-state index is 0.0698. The standard InChI is InChI=1S/C21H28N4O5S/c1-29-17-7-10-19(20(12-17)30-2)25-31(27,28)18-8-5-16(6-9-18)24-21(26)23-14-15-4-3-11-22-13-15/h3-6,8-9,11,13,17,19-20,25H,7,10,12,14H2,1-2H3,(H2,23,24,26). The van der Waals surface area contributed by atoms with E-state index in [0.717, 1.165) is 12.0 Å². The number of methoxy groups -OCH3 is 2. The summed E-state index contributed by atoms with van der Waals surface area (Å²) >= 11 is 0. The number of sulfonamides is 1. The number of amides is 2. The van der Waals surface area contributed by atoms with Crippen molar-refractivity contribution in [3.63, 3.8) is 0 Å². The Kier molecular flexibility index (Phi) is 7.97. The van der Waals surface area contributed by atoms with Crippen LogP contribution < -0.4 is 15.4 Å². The molecule has 3 unspecified atom stereocenters. The second kappa shape index (κ2) is 10.7. The van der Waals surface area contributed by atoms with E-state index in [1.807, 2.05) is 6.07 Å². The summed E-state index contributed by atoms with van der Waals surface area (Å²) in [6.45, 7) is 0.335. The van der Waals surface area contributed by atoms with Gasteiger partial charge in [-0.1, -0.05) is 6.07 Å². The number of ether oxygens (including phenoxy) is 2. The van der Waals surface area contributed by atoms with Crippen molar-refractivity contribution in [2.75, 3.05) is 19.5 Å². The van der Waals surface area contributed by atoms with Gasteiger partial charge < -0.3 is 20.1 Å². The maximum Gasteiger partial charge on any atom is 0.319 e. The third kappa shape index (κ3) is 6.47. The molecule has 9 nitrogen and oxygen atoms in total. The van der Waals surface area contributed by atoms with Crippen LogP contribution in [-0.2, 0) is 26.0 Å². The van der Waals surface area contributed by atoms with E-state index in [4.69, 9.17) is 9.47 Å². The molecular formula is C21H28N4O5S. The van der Waals surface area contributed by atoms with Crippen LogP contribution in [0.25, 0.3) is 0 Å². The van der Waals surface area contributed by atoms with Crippen LogP contribution in [-0.4, -0.2) is 51.9 Å². The number of carbonyl (C=O) groups excluding carboxylic acids is 1. The summed E-state index contributed by atoms with van der Waals surface area (Å²) in [5, 5.41) is 5.40. The van der Waals surface area contributed by atoms with Gasteiger partial charge >= 0.3 is 6.03 Å². The molecule has 0 spiro atoms. The highest BCUT2D eigenvalue weighted by atomic mass is 32.2. The van der Waals surface area contributed by atoms with Crippen LogP contribution in [0, 0.1) is 0 Å². The lowest BCUT2D eigenvalue weighted by molar-refractivity contribution is -0.0229. The van der Waals surface area contributed by atoms with Crippen LogP contribution in [0.3, 0.4) is 0 Å². The first-order valence-corrected chi connectivity index (χ1v) is 11.5. The van der Waals surface area contributed by atoms with E-state index in [2.05, 4.69) is 20.3 Å². The summed E-state index contributed by atoms with van der Waals surface area (Å²) in [6.07, 6.45) is 5.18. The highest BCUT2D eigenvalue weighted by Gasteiger charge is 2.33. The molecule has 1 aromatic heterocycles. The van der Waals surface area contributed by atoms with E-state index >= 15 is 0 Å². The van der Waals surface area contributed by atoms with Gasteiger partial charge in [0.05, 0.1) is 17.1 Å². The fourth-order valence-electron chi connectivity index (χ4n) is 3.55. The summed E-state index contributed by atoms with van der Waals surface area (Å²) in [4.78, 5) is 16.2. The number of hydrogen-bond acceptors (Lipinski definition) is 6. The summed E-state index contributed by atoms with van der Waals surface area (Å²) < 4.78 is 39.2. The van der Waals surface area contributed by atoms with Crippen LogP contribution in [0.15, 0.2) is 53.7 Å². The van der Waals surface area contributed by atoms with E-state index < -0.39 is 16.1 Å². The molecule has 0 radical (unpaired) electrons. The number of carbonyl (C=O) groups is 1. The second-order valence-electron chi connectivity index (χ2n) is 7.37. The fourth-order valence-corrected chi connectivity index (χ4v) is 4.85. The predicted molar refractivity (Wildman–Crippen MR) is 116 cm³/mol.